The number of nitrogens with zero attached hydrogens (tertiary/aromatic N) is 4. The van der Waals surface area contributed by atoms with Crippen molar-refractivity contribution in [3.05, 3.63) is 140 Å². The summed E-state index contributed by atoms with van der Waals surface area (Å²) in [6, 6.07) is 21.1. The maximum atomic E-state index is 5.49. The number of hydrogen-bond donors (Lipinski definition) is 0. The average Bonchev–Trinajstić information content (AvgIpc) is 3.95. The number of hydrogen-bond acceptors (Lipinski definition) is 11. The Morgan fingerprint density at radius 2 is 1.18 bits per heavy atom. The SMILES string of the molecule is C=C/C=C(C)/C=C(\C)c1nc(CN2CCc3cc(OC)c(OC)cc3C2)cs1.COc1ccc2cc(-c3nc(CN4CCc5cc(OC)c(OC)cc5C4)cs3)ccc2c1. The first kappa shape index (κ1) is 42.7. The third-order valence-electron chi connectivity index (χ3n) is 10.9. The number of methoxy groups -OCH3 is 5. The molecular weight excluding hydrogens is 789 g/mol. The molecule has 4 heterocycles. The molecule has 60 heavy (non-hydrogen) atoms. The van der Waals surface area contributed by atoms with E-state index in [4.69, 9.17) is 33.7 Å². The fourth-order valence-electron chi connectivity index (χ4n) is 7.81. The lowest BCUT2D eigenvalue weighted by atomic mass is 9.98. The van der Waals surface area contributed by atoms with Crippen LogP contribution in [0.1, 0.15) is 52.5 Å². The van der Waals surface area contributed by atoms with Gasteiger partial charge in [0, 0.05) is 55.6 Å². The second-order valence-corrected chi connectivity index (χ2v) is 16.8. The Morgan fingerprint density at radius 3 is 1.75 bits per heavy atom. The number of aromatic nitrogens is 2. The summed E-state index contributed by atoms with van der Waals surface area (Å²) in [4.78, 5) is 14.7. The van der Waals surface area contributed by atoms with Gasteiger partial charge in [0.2, 0.25) is 0 Å². The van der Waals surface area contributed by atoms with E-state index in [1.165, 1.54) is 44.2 Å². The van der Waals surface area contributed by atoms with Gasteiger partial charge in [0.05, 0.1) is 46.9 Å². The standard InChI is InChI=1S/C26H26N2O3S.C23H28N2O2S/c1-29-23-7-6-17-10-20(5-4-18(17)11-23)26-27-22(16-32-26)15-28-9-8-19-12-24(30-2)25(31-3)13-21(19)14-28;1-6-7-16(2)10-17(3)23-24-20(15-28-23)14-25-9-8-18-11-21(26-4)22(27-5)12-19(18)13-25/h4-7,10-13,16H,8-9,14-15H2,1-3H3;6-7,10-12,15H,1,8-9,13-14H2,2-5H3/b;16-7+,17-10+. The van der Waals surface area contributed by atoms with Crippen molar-refractivity contribution in [1.82, 2.24) is 19.8 Å². The quantitative estimate of drug-likeness (QED) is 0.106. The molecule has 6 aromatic rings. The van der Waals surface area contributed by atoms with Crippen molar-refractivity contribution in [2.24, 2.45) is 0 Å². The van der Waals surface area contributed by atoms with Crippen molar-refractivity contribution in [1.29, 1.82) is 0 Å². The first-order valence-electron chi connectivity index (χ1n) is 20.1. The Hall–Kier alpha value is -5.46. The van der Waals surface area contributed by atoms with E-state index in [0.29, 0.717) is 0 Å². The van der Waals surface area contributed by atoms with E-state index in [9.17, 15) is 0 Å². The Labute approximate surface area is 362 Å². The van der Waals surface area contributed by atoms with Crippen LogP contribution in [-0.4, -0.2) is 68.4 Å². The number of ether oxygens (including phenoxy) is 5. The van der Waals surface area contributed by atoms with Gasteiger partial charge in [0.25, 0.3) is 0 Å². The Kier molecular flexibility index (Phi) is 14.0. The largest absolute Gasteiger partial charge is 0.497 e. The molecule has 2 aromatic heterocycles. The summed E-state index contributed by atoms with van der Waals surface area (Å²) in [6.45, 7) is 13.5. The van der Waals surface area contributed by atoms with Gasteiger partial charge in [-0.05, 0) is 108 Å². The minimum Gasteiger partial charge on any atom is -0.497 e. The lowest BCUT2D eigenvalue weighted by Gasteiger charge is -2.29. The highest BCUT2D eigenvalue weighted by Gasteiger charge is 2.22. The van der Waals surface area contributed by atoms with E-state index in [2.05, 4.69) is 102 Å². The molecule has 4 aromatic carbocycles. The van der Waals surface area contributed by atoms with Crippen LogP contribution in [0.25, 0.3) is 26.9 Å². The van der Waals surface area contributed by atoms with Gasteiger partial charge in [0.1, 0.15) is 15.8 Å². The van der Waals surface area contributed by atoms with Crippen LogP contribution in [0.15, 0.2) is 102 Å². The zero-order valence-corrected chi connectivity index (χ0v) is 37.3. The molecule has 2 aliphatic heterocycles. The molecule has 0 spiro atoms. The van der Waals surface area contributed by atoms with E-state index in [1.54, 1.807) is 58.2 Å². The number of rotatable bonds is 13. The van der Waals surface area contributed by atoms with Crippen LogP contribution in [0.4, 0.5) is 0 Å². The molecular formula is C49H54N4O5S2. The van der Waals surface area contributed by atoms with E-state index in [-0.39, 0.29) is 0 Å². The topological polar surface area (TPSA) is 78.4 Å². The molecule has 0 atom stereocenters. The highest BCUT2D eigenvalue weighted by atomic mass is 32.1. The van der Waals surface area contributed by atoms with Crippen molar-refractivity contribution in [2.45, 2.75) is 52.9 Å². The van der Waals surface area contributed by atoms with Gasteiger partial charge in [-0.25, -0.2) is 9.97 Å². The number of thiazole rings is 2. The third kappa shape index (κ3) is 10.1. The van der Waals surface area contributed by atoms with Gasteiger partial charge in [-0.2, -0.15) is 0 Å². The monoisotopic (exact) mass is 842 g/mol. The lowest BCUT2D eigenvalue weighted by molar-refractivity contribution is 0.241. The Morgan fingerprint density at radius 1 is 0.650 bits per heavy atom. The molecule has 9 nitrogen and oxygen atoms in total. The second kappa shape index (κ2) is 19.7. The molecule has 0 unspecified atom stereocenters. The van der Waals surface area contributed by atoms with Crippen molar-refractivity contribution < 1.29 is 23.7 Å². The summed E-state index contributed by atoms with van der Waals surface area (Å²) >= 11 is 3.41. The normalized spacial score (nSPS) is 14.4. The molecule has 8 rings (SSSR count). The minimum atomic E-state index is 0.790. The molecule has 0 saturated carbocycles. The van der Waals surface area contributed by atoms with Crippen LogP contribution in [0.2, 0.25) is 0 Å². The summed E-state index contributed by atoms with van der Waals surface area (Å²) in [5.74, 6) is 4.07. The van der Waals surface area contributed by atoms with E-state index in [0.717, 1.165) is 108 Å². The summed E-state index contributed by atoms with van der Waals surface area (Å²) in [6.07, 6.45) is 7.98. The molecule has 0 amide bonds. The third-order valence-corrected chi connectivity index (χ3v) is 12.9. The maximum absolute atomic E-state index is 5.49. The summed E-state index contributed by atoms with van der Waals surface area (Å²) < 4.78 is 27.2. The van der Waals surface area contributed by atoms with Crippen molar-refractivity contribution in [3.8, 4) is 39.3 Å². The van der Waals surface area contributed by atoms with Crippen LogP contribution in [0.5, 0.6) is 28.7 Å². The maximum Gasteiger partial charge on any atom is 0.161 e. The zero-order valence-electron chi connectivity index (χ0n) is 35.7. The molecule has 0 bridgehead atoms. The van der Waals surface area contributed by atoms with Crippen LogP contribution in [0.3, 0.4) is 0 Å². The van der Waals surface area contributed by atoms with Gasteiger partial charge in [-0.3, -0.25) is 9.80 Å². The lowest BCUT2D eigenvalue weighted by Crippen LogP contribution is -2.30. The highest BCUT2D eigenvalue weighted by molar-refractivity contribution is 7.13. The van der Waals surface area contributed by atoms with E-state index < -0.39 is 0 Å². The van der Waals surface area contributed by atoms with Gasteiger partial charge in [0.15, 0.2) is 23.0 Å². The van der Waals surface area contributed by atoms with Crippen LogP contribution >= 0.6 is 22.7 Å². The second-order valence-electron chi connectivity index (χ2n) is 15.1. The van der Waals surface area contributed by atoms with E-state index >= 15 is 0 Å². The van der Waals surface area contributed by atoms with E-state index in [1.807, 2.05) is 18.2 Å². The van der Waals surface area contributed by atoms with Gasteiger partial charge >= 0.3 is 0 Å². The van der Waals surface area contributed by atoms with Gasteiger partial charge in [-0.15, -0.1) is 22.7 Å². The van der Waals surface area contributed by atoms with Crippen molar-refractivity contribution in [2.75, 3.05) is 48.6 Å². The van der Waals surface area contributed by atoms with Crippen molar-refractivity contribution >= 4 is 39.0 Å². The first-order chi connectivity index (χ1) is 29.2. The fraction of sp³-hybridized carbons (Fsp3) is 0.306. The molecule has 2 aliphatic rings. The average molecular weight is 843 g/mol. The Balaban J connectivity index is 0.000000183. The smallest absolute Gasteiger partial charge is 0.161 e. The molecule has 11 heteroatoms. The van der Waals surface area contributed by atoms with Gasteiger partial charge in [-0.1, -0.05) is 48.6 Å². The zero-order chi connectivity index (χ0) is 42.2. The van der Waals surface area contributed by atoms with Crippen LogP contribution in [-0.2, 0) is 39.0 Å². The summed E-state index contributed by atoms with van der Waals surface area (Å²) in [5.41, 5.74) is 11.1. The Bertz CT molecular complexity index is 2520. The first-order valence-corrected chi connectivity index (χ1v) is 21.8. The summed E-state index contributed by atoms with van der Waals surface area (Å²) in [5, 5.41) is 8.85. The molecule has 0 fully saturated rings. The number of allylic oxidation sites excluding steroid dienone is 5. The predicted octanol–water partition coefficient (Wildman–Crippen LogP) is 10.8. The highest BCUT2D eigenvalue weighted by Crippen LogP contribution is 2.36. The summed E-state index contributed by atoms with van der Waals surface area (Å²) in [7, 11) is 8.44. The minimum absolute atomic E-state index is 0.790. The number of benzene rings is 4. The molecule has 0 saturated heterocycles. The van der Waals surface area contributed by atoms with Crippen molar-refractivity contribution in [3.63, 3.8) is 0 Å². The molecule has 0 radical (unpaired) electrons. The molecule has 312 valence electrons. The van der Waals surface area contributed by atoms with Gasteiger partial charge < -0.3 is 23.7 Å². The number of fused-ring (bicyclic) bond motifs is 3. The molecule has 0 N–H and O–H groups in total. The predicted molar refractivity (Wildman–Crippen MR) is 246 cm³/mol. The van der Waals surface area contributed by atoms with Crippen LogP contribution < -0.4 is 23.7 Å². The van der Waals surface area contributed by atoms with Crippen LogP contribution in [0, 0.1) is 0 Å². The fourth-order valence-corrected chi connectivity index (χ4v) is 9.40. The molecule has 0 aliphatic carbocycles.